The van der Waals surface area contributed by atoms with Gasteiger partial charge >= 0.3 is 11.9 Å². The van der Waals surface area contributed by atoms with Crippen molar-refractivity contribution >= 4 is 11.9 Å². The molecule has 2 aromatic rings. The first-order valence-electron chi connectivity index (χ1n) is 11.1. The highest BCUT2D eigenvalue weighted by molar-refractivity contribution is 5.91. The maximum Gasteiger partial charge on any atom is 0.341 e. The Labute approximate surface area is 195 Å². The molecule has 2 N–H and O–H groups in total. The standard InChI is InChI=1S/C27H32O6/c1-5-7-8-9-20-10-11-25(21(6-2)12-20)22-13-23(32-26(30)18(3)16-28)15-24(14-22)33-27(31)19(4)17-29/h10-15,28-29H,3-9,16-17H2,1-2H3. The predicted octanol–water partition coefficient (Wildman–Crippen LogP) is 4.56. The van der Waals surface area contributed by atoms with Crippen molar-refractivity contribution in [2.24, 2.45) is 0 Å². The lowest BCUT2D eigenvalue weighted by atomic mass is 9.94. The topological polar surface area (TPSA) is 93.1 Å². The molecule has 0 fully saturated rings. The largest absolute Gasteiger partial charge is 0.423 e. The second-order valence-electron chi connectivity index (χ2n) is 7.80. The molecule has 176 valence electrons. The van der Waals surface area contributed by atoms with E-state index in [4.69, 9.17) is 19.7 Å². The van der Waals surface area contributed by atoms with Crippen LogP contribution in [0.2, 0.25) is 0 Å². The number of aryl methyl sites for hydroxylation is 2. The molecule has 2 aromatic carbocycles. The summed E-state index contributed by atoms with van der Waals surface area (Å²) in [5.74, 6) is -1.29. The van der Waals surface area contributed by atoms with E-state index in [0.717, 1.165) is 36.8 Å². The van der Waals surface area contributed by atoms with E-state index in [2.05, 4.69) is 39.1 Å². The first kappa shape index (κ1) is 26.0. The molecule has 0 aromatic heterocycles. The fourth-order valence-electron chi connectivity index (χ4n) is 3.29. The second-order valence-corrected chi connectivity index (χ2v) is 7.80. The zero-order valence-electron chi connectivity index (χ0n) is 19.4. The molecule has 6 nitrogen and oxygen atoms in total. The normalized spacial score (nSPS) is 10.5. The third kappa shape index (κ3) is 7.41. The third-order valence-corrected chi connectivity index (χ3v) is 5.19. The van der Waals surface area contributed by atoms with Gasteiger partial charge in [-0.25, -0.2) is 9.59 Å². The zero-order valence-corrected chi connectivity index (χ0v) is 19.4. The third-order valence-electron chi connectivity index (χ3n) is 5.19. The van der Waals surface area contributed by atoms with E-state index in [0.29, 0.717) is 5.56 Å². The van der Waals surface area contributed by atoms with Crippen LogP contribution in [0.4, 0.5) is 0 Å². The van der Waals surface area contributed by atoms with Crippen molar-refractivity contribution in [2.75, 3.05) is 13.2 Å². The Morgan fingerprint density at radius 2 is 1.42 bits per heavy atom. The van der Waals surface area contributed by atoms with Crippen molar-refractivity contribution in [1.29, 1.82) is 0 Å². The second kappa shape index (κ2) is 12.7. The maximum atomic E-state index is 12.1. The van der Waals surface area contributed by atoms with Crippen molar-refractivity contribution in [1.82, 2.24) is 0 Å². The number of carbonyl (C=O) groups excluding carboxylic acids is 2. The first-order chi connectivity index (χ1) is 15.8. The summed E-state index contributed by atoms with van der Waals surface area (Å²) in [6.07, 6.45) is 5.28. The highest BCUT2D eigenvalue weighted by Gasteiger charge is 2.16. The van der Waals surface area contributed by atoms with Gasteiger partial charge in [0.15, 0.2) is 0 Å². The van der Waals surface area contributed by atoms with Gasteiger partial charge in [0.25, 0.3) is 0 Å². The minimum absolute atomic E-state index is 0.0988. The Kier molecular flexibility index (Phi) is 10.0. The van der Waals surface area contributed by atoms with Crippen molar-refractivity contribution in [3.63, 3.8) is 0 Å². The molecule has 0 saturated heterocycles. The molecule has 0 bridgehead atoms. The molecule has 0 unspecified atom stereocenters. The number of carbonyl (C=O) groups is 2. The molecule has 2 rings (SSSR count). The molecule has 0 aliphatic rings. The first-order valence-corrected chi connectivity index (χ1v) is 11.1. The highest BCUT2D eigenvalue weighted by Crippen LogP contribution is 2.33. The van der Waals surface area contributed by atoms with Crippen molar-refractivity contribution in [3.8, 4) is 22.6 Å². The number of ether oxygens (including phenoxy) is 2. The van der Waals surface area contributed by atoms with E-state index in [1.807, 2.05) is 6.07 Å². The minimum atomic E-state index is -0.784. The summed E-state index contributed by atoms with van der Waals surface area (Å²) < 4.78 is 10.7. The van der Waals surface area contributed by atoms with Gasteiger partial charge in [0.2, 0.25) is 0 Å². The Morgan fingerprint density at radius 3 is 1.91 bits per heavy atom. The maximum absolute atomic E-state index is 12.1. The minimum Gasteiger partial charge on any atom is -0.423 e. The Hall–Kier alpha value is -3.22. The lowest BCUT2D eigenvalue weighted by Gasteiger charge is -2.15. The molecular weight excluding hydrogens is 420 g/mol. The van der Waals surface area contributed by atoms with Gasteiger partial charge in [-0.1, -0.05) is 58.0 Å². The van der Waals surface area contributed by atoms with Crippen LogP contribution in [0, 0.1) is 0 Å². The van der Waals surface area contributed by atoms with Crippen molar-refractivity contribution < 1.29 is 29.3 Å². The number of rotatable bonds is 12. The molecule has 0 saturated carbocycles. The number of unbranched alkanes of at least 4 members (excludes halogenated alkanes) is 2. The molecule has 33 heavy (non-hydrogen) atoms. The summed E-state index contributed by atoms with van der Waals surface area (Å²) in [5, 5.41) is 18.3. The van der Waals surface area contributed by atoms with E-state index >= 15 is 0 Å². The van der Waals surface area contributed by atoms with Crippen LogP contribution >= 0.6 is 0 Å². The van der Waals surface area contributed by atoms with Gasteiger partial charge in [-0.15, -0.1) is 0 Å². The van der Waals surface area contributed by atoms with Crippen LogP contribution in [-0.4, -0.2) is 35.4 Å². The van der Waals surface area contributed by atoms with E-state index < -0.39 is 25.2 Å². The monoisotopic (exact) mass is 452 g/mol. The SMILES string of the molecule is C=C(CO)C(=O)Oc1cc(OC(=O)C(=C)CO)cc(-c2ccc(CCCCC)cc2CC)c1. The highest BCUT2D eigenvalue weighted by atomic mass is 16.5. The van der Waals surface area contributed by atoms with Crippen molar-refractivity contribution in [2.45, 2.75) is 46.0 Å². The molecule has 0 atom stereocenters. The van der Waals surface area contributed by atoms with Crippen LogP contribution in [0.5, 0.6) is 11.5 Å². The number of hydrogen-bond acceptors (Lipinski definition) is 6. The summed E-state index contributed by atoms with van der Waals surface area (Å²) >= 11 is 0. The van der Waals surface area contributed by atoms with Gasteiger partial charge in [0, 0.05) is 6.07 Å². The van der Waals surface area contributed by atoms with Gasteiger partial charge in [0.1, 0.15) is 11.5 Å². The van der Waals surface area contributed by atoms with Gasteiger partial charge in [-0.05, 0) is 53.6 Å². The summed E-state index contributed by atoms with van der Waals surface area (Å²) in [6.45, 7) is 10.1. The molecular formula is C27H32O6. The van der Waals surface area contributed by atoms with E-state index in [1.165, 1.54) is 18.1 Å². The summed E-state index contributed by atoms with van der Waals surface area (Å²) in [7, 11) is 0. The van der Waals surface area contributed by atoms with E-state index in [9.17, 15) is 9.59 Å². The van der Waals surface area contributed by atoms with Gasteiger partial charge in [0.05, 0.1) is 24.4 Å². The zero-order chi connectivity index (χ0) is 24.4. The Morgan fingerprint density at radius 1 is 0.848 bits per heavy atom. The Balaban J connectivity index is 2.47. The lowest BCUT2D eigenvalue weighted by molar-refractivity contribution is -0.131. The summed E-state index contributed by atoms with van der Waals surface area (Å²) in [4.78, 5) is 24.3. The van der Waals surface area contributed by atoms with Crippen LogP contribution in [0.15, 0.2) is 60.7 Å². The molecule has 0 spiro atoms. The molecule has 0 aliphatic heterocycles. The molecule has 0 heterocycles. The molecule has 0 radical (unpaired) electrons. The van der Waals surface area contributed by atoms with E-state index in [-0.39, 0.29) is 22.6 Å². The van der Waals surface area contributed by atoms with Crippen LogP contribution in [0.25, 0.3) is 11.1 Å². The number of aliphatic hydroxyl groups excluding tert-OH is 2. The molecule has 6 heteroatoms. The number of hydrogen-bond donors (Lipinski definition) is 2. The average molecular weight is 453 g/mol. The fourth-order valence-corrected chi connectivity index (χ4v) is 3.29. The lowest BCUT2D eigenvalue weighted by Crippen LogP contribution is -2.14. The summed E-state index contributed by atoms with van der Waals surface area (Å²) in [6, 6.07) is 11.0. The average Bonchev–Trinajstić information content (AvgIpc) is 2.82. The van der Waals surface area contributed by atoms with Crippen molar-refractivity contribution in [3.05, 3.63) is 71.8 Å². The quantitative estimate of drug-likeness (QED) is 0.212. The molecule has 0 amide bonds. The predicted molar refractivity (Wildman–Crippen MR) is 128 cm³/mol. The smallest absolute Gasteiger partial charge is 0.341 e. The van der Waals surface area contributed by atoms with E-state index in [1.54, 1.807) is 12.1 Å². The summed E-state index contributed by atoms with van der Waals surface area (Å²) in [5.41, 5.74) is 3.80. The fraction of sp³-hybridized carbons (Fsp3) is 0.333. The number of benzene rings is 2. The van der Waals surface area contributed by atoms with Crippen LogP contribution in [0.3, 0.4) is 0 Å². The van der Waals surface area contributed by atoms with Crippen LogP contribution in [-0.2, 0) is 22.4 Å². The van der Waals surface area contributed by atoms with Gasteiger partial charge in [-0.2, -0.15) is 0 Å². The van der Waals surface area contributed by atoms with Crippen LogP contribution in [0.1, 0.15) is 44.2 Å². The van der Waals surface area contributed by atoms with Gasteiger partial charge < -0.3 is 19.7 Å². The number of aliphatic hydroxyl groups is 2. The Bertz CT molecular complexity index is 973. The molecule has 0 aliphatic carbocycles. The van der Waals surface area contributed by atoms with Gasteiger partial charge in [-0.3, -0.25) is 0 Å². The number of esters is 2. The van der Waals surface area contributed by atoms with Crippen LogP contribution < -0.4 is 9.47 Å².